The molecule has 17 amide bonds. The number of tetrazole rings is 1. The smallest absolute Gasteiger partial charge is 0.303 e. The lowest BCUT2D eigenvalue weighted by Gasteiger charge is -2.31. The van der Waals surface area contributed by atoms with Gasteiger partial charge in [-0.2, -0.15) is 0 Å². The summed E-state index contributed by atoms with van der Waals surface area (Å²) < 4.78 is 10.8. The van der Waals surface area contributed by atoms with Crippen molar-refractivity contribution in [2.75, 3.05) is 72.3 Å². The molecule has 51 nitrogen and oxygen atoms in total. The van der Waals surface area contributed by atoms with Gasteiger partial charge in [0.1, 0.15) is 84.9 Å². The molecule has 30 N–H and O–H groups in total. The van der Waals surface area contributed by atoms with Crippen molar-refractivity contribution in [2.24, 2.45) is 22.9 Å². The van der Waals surface area contributed by atoms with Crippen LogP contribution < -0.4 is 103 Å². The number of carbonyl (C=O) groups excluding carboxylic acids is 17. The molecule has 51 heteroatoms. The number of carboxylic acid groups (broad SMARTS) is 1. The predicted octanol–water partition coefficient (Wildman–Crippen LogP) is -4.20. The van der Waals surface area contributed by atoms with Crippen LogP contribution in [-0.2, 0) is 121 Å². The summed E-state index contributed by atoms with van der Waals surface area (Å²) in [5, 5.41) is 91.9. The number of benzene rings is 2. The molecule has 0 bridgehead atoms. The Morgan fingerprint density at radius 3 is 1.86 bits per heavy atom. The second-order valence-corrected chi connectivity index (χ2v) is 36.1. The van der Waals surface area contributed by atoms with Crippen molar-refractivity contribution in [1.82, 2.24) is 120 Å². The SMILES string of the molecule is CCCC[C@H](NC(=O)[C@H](CN)NC(=O)[C@H](Cc1c[nH]cn1)NC(=O)[C@H](CCC(N)=O)NC(=O)[C@H](CO)NC(=O)CNC(=O)COCCOCCNC(=O)[C@@H](CCC(=O)O)NC(=O)CCCCCCCCCCCCCCCc1nnn[nH]1)C(=O)N[C@H]1CCC(=O)NCCCC[C@@H](C(N)=O)NC(=O)[C@H](Cc2c[nH]c3ccccc23)NC(=O)[C@H](CCCNC(=N)N)NC(=O)[C@@H](Cc2ccccc2)NC(=O)[C@@H]2C[C@@H](O)CN2C1=O. The van der Waals surface area contributed by atoms with Crippen LogP contribution in [0.15, 0.2) is 73.3 Å². The van der Waals surface area contributed by atoms with Crippen LogP contribution in [-0.4, -0.2) is 319 Å². The van der Waals surface area contributed by atoms with E-state index in [4.69, 9.17) is 37.8 Å². The number of amides is 17. The number of nitrogens with zero attached hydrogens (tertiary/aromatic N) is 5. The van der Waals surface area contributed by atoms with Crippen LogP contribution in [0.25, 0.3) is 10.9 Å². The molecule has 7 rings (SSSR count). The molecule has 5 aromatic rings. The Morgan fingerprint density at radius 1 is 0.582 bits per heavy atom. The number of nitrogens with two attached hydrogens (primary N) is 4. The Labute approximate surface area is 844 Å². The van der Waals surface area contributed by atoms with Crippen LogP contribution in [0.3, 0.4) is 0 Å². The zero-order valence-electron chi connectivity index (χ0n) is 82.6. The van der Waals surface area contributed by atoms with E-state index in [2.05, 4.69) is 115 Å². The number of primary amides is 2. The number of aliphatic hydroxyl groups is 2. The minimum Gasteiger partial charge on any atom is -0.481 e. The van der Waals surface area contributed by atoms with Gasteiger partial charge in [-0.05, 0) is 98.2 Å². The zero-order valence-corrected chi connectivity index (χ0v) is 82.6. The molecule has 2 aliphatic heterocycles. The third-order valence-electron chi connectivity index (χ3n) is 24.5. The standard InChI is InChI=1S/C95H146N28O23/c1-2-3-28-65(85(135)114-69-35-38-78(127)102-40-23-22-30-64(83(98)133)110-89(139)71(47-59-51-105-63-29-21-20-27-62(59)63)115-86(136)66(31-24-41-104-95(99)100)111-88(138)70(46-58-25-16-15-17-26-58)117-93(143)75-49-61(125)54-123(75)94(69)144)112-91(141)73(50-96)118-90(140)72(48-60-52-101-57-107-60)116-87(137)68(34-37-76(97)126)113-92(142)74(55-124)109-80(129)53-106-81(130)56-146-45-44-145-43-42-103-84(134)67(36-39-82(131)132)108-79(128)33-19-14-12-10-8-6-4-5-7-9-11-13-18-32-77-119-121-122-120-77/h15-17,20-21,25-27,29,51-52,57,61,64-75,105,124-125H,2-14,18-19,22-24,28,30-50,53-56,96H2,1H3,(H2,97,126)(H2,98,133)(H,101,107)(H,102,127)(H,103,134)(H,106,130)(H,108,128)(H,109,129)(H,110,139)(H,111,138)(H,112,141)(H,113,142)(H,114,135)(H,115,136)(H,116,137)(H,117,143)(H,118,140)(H,131,132)(H4,99,100,104)(H,119,120,121,122)/t61-,64+,65+,66+,67-,68+,69+,70-,71+,72+,73+,74+,75+/m1/s1. The van der Waals surface area contributed by atoms with Gasteiger partial charge in [0.15, 0.2) is 5.96 Å². The Bertz CT molecular complexity index is 5010. The molecule has 2 fully saturated rings. The minimum atomic E-state index is -1.81. The number of carbonyl (C=O) groups is 18. The summed E-state index contributed by atoms with van der Waals surface area (Å²) in [6.07, 6.45) is 14.9. The highest BCUT2D eigenvalue weighted by molar-refractivity contribution is 6.01. The predicted molar refractivity (Wildman–Crippen MR) is 527 cm³/mol. The van der Waals surface area contributed by atoms with Crippen LogP contribution in [0.4, 0.5) is 0 Å². The van der Waals surface area contributed by atoms with Crippen LogP contribution in [0.5, 0.6) is 0 Å². The highest BCUT2D eigenvalue weighted by Crippen LogP contribution is 2.25. The number of aliphatic carboxylic acids is 1. The van der Waals surface area contributed by atoms with Crippen molar-refractivity contribution in [3.8, 4) is 0 Å². The Balaban J connectivity index is 0.936. The maximum atomic E-state index is 15.4. The number of imidazole rings is 1. The second-order valence-electron chi connectivity index (χ2n) is 36.1. The third kappa shape index (κ3) is 44.6. The average molecular weight is 2050 g/mol. The van der Waals surface area contributed by atoms with E-state index in [-0.39, 0.29) is 134 Å². The van der Waals surface area contributed by atoms with Gasteiger partial charge < -0.3 is 142 Å². The summed E-state index contributed by atoms with van der Waals surface area (Å²) in [7, 11) is 0. The summed E-state index contributed by atoms with van der Waals surface area (Å²) in [6, 6.07) is -3.12. The first kappa shape index (κ1) is 119. The number of para-hydroxylation sites is 1. The van der Waals surface area contributed by atoms with Crippen molar-refractivity contribution in [3.05, 3.63) is 96.0 Å². The number of aromatic nitrogens is 7. The average Bonchev–Trinajstić information content (AvgIpc) is 1.66. The number of unbranched alkanes of at least 4 members (excludes halogenated alkanes) is 13. The van der Waals surface area contributed by atoms with E-state index < -0.39 is 250 Å². The van der Waals surface area contributed by atoms with Gasteiger partial charge in [0.05, 0.1) is 51.1 Å². The molecule has 146 heavy (non-hydrogen) atoms. The number of aliphatic hydroxyl groups excluding tert-OH is 2. The molecule has 3 aromatic heterocycles. The number of ether oxygens (including phenoxy) is 2. The number of hydrogen-bond donors (Lipinski definition) is 26. The first-order valence-corrected chi connectivity index (χ1v) is 50.0. The van der Waals surface area contributed by atoms with E-state index in [0.717, 1.165) is 62.1 Å². The van der Waals surface area contributed by atoms with Gasteiger partial charge in [0.2, 0.25) is 100 Å². The quantitative estimate of drug-likeness (QED) is 0.00997. The van der Waals surface area contributed by atoms with Crippen LogP contribution in [0.2, 0.25) is 0 Å². The molecule has 2 aromatic carbocycles. The van der Waals surface area contributed by atoms with Crippen molar-refractivity contribution in [3.63, 3.8) is 0 Å². The van der Waals surface area contributed by atoms with E-state index in [1.165, 1.54) is 44.6 Å². The summed E-state index contributed by atoms with van der Waals surface area (Å²) in [4.78, 5) is 261. The number of carboxylic acids is 1. The van der Waals surface area contributed by atoms with Gasteiger partial charge in [-0.25, -0.2) is 10.1 Å². The van der Waals surface area contributed by atoms with Gasteiger partial charge in [0, 0.05) is 114 Å². The fourth-order valence-electron chi connectivity index (χ4n) is 16.5. The summed E-state index contributed by atoms with van der Waals surface area (Å²) in [5.41, 5.74) is 25.1. The van der Waals surface area contributed by atoms with Gasteiger partial charge >= 0.3 is 5.97 Å². The fraction of sp³-hybridized carbons (Fsp3) is 0.611. The molecule has 0 radical (unpaired) electrons. The monoisotopic (exact) mass is 2050 g/mol. The third-order valence-corrected chi connectivity index (χ3v) is 24.5. The first-order chi connectivity index (χ1) is 70.2. The van der Waals surface area contributed by atoms with Crippen molar-refractivity contribution in [1.29, 1.82) is 5.41 Å². The van der Waals surface area contributed by atoms with Crippen molar-refractivity contribution >= 4 is 123 Å². The number of aryl methyl sites for hydroxylation is 1. The maximum Gasteiger partial charge on any atom is 0.303 e. The maximum absolute atomic E-state index is 15.4. The number of hydrogen-bond acceptors (Lipinski definition) is 28. The van der Waals surface area contributed by atoms with E-state index >= 15 is 14.4 Å². The Kier molecular flexibility index (Phi) is 53.6. The van der Waals surface area contributed by atoms with Crippen LogP contribution in [0.1, 0.15) is 216 Å². The lowest BCUT2D eigenvalue weighted by molar-refractivity contribution is -0.143. The molecule has 2 saturated heterocycles. The van der Waals surface area contributed by atoms with Gasteiger partial charge in [0.25, 0.3) is 0 Å². The summed E-state index contributed by atoms with van der Waals surface area (Å²) in [5.74, 6) is -16.2. The Hall–Kier alpha value is -14.2. The molecule has 0 aliphatic carbocycles. The summed E-state index contributed by atoms with van der Waals surface area (Å²) >= 11 is 0. The van der Waals surface area contributed by atoms with E-state index in [0.29, 0.717) is 34.9 Å². The molecule has 13 atom stereocenters. The number of guanidine groups is 1. The number of rotatable bonds is 61. The van der Waals surface area contributed by atoms with E-state index in [1.807, 2.05) is 6.07 Å². The van der Waals surface area contributed by atoms with Crippen molar-refractivity contribution < 1.29 is 111 Å². The molecule has 804 valence electrons. The van der Waals surface area contributed by atoms with E-state index in [9.17, 15) is 87.2 Å². The fourth-order valence-corrected chi connectivity index (χ4v) is 16.5. The molecule has 0 saturated carbocycles. The minimum absolute atomic E-state index is 0.0218. The first-order valence-electron chi connectivity index (χ1n) is 50.0. The number of aromatic amines is 3. The molecule has 2 aliphatic rings. The highest BCUT2D eigenvalue weighted by atomic mass is 16.5. The number of H-pyrrole nitrogens is 3. The number of nitrogens with one attached hydrogen (secondary N) is 19. The second kappa shape index (κ2) is 65.9. The highest BCUT2D eigenvalue weighted by Gasteiger charge is 2.45. The van der Waals surface area contributed by atoms with Gasteiger partial charge in [-0.1, -0.05) is 139 Å². The Morgan fingerprint density at radius 2 is 1.19 bits per heavy atom. The molecule has 5 heterocycles. The lowest BCUT2D eigenvalue weighted by Crippen LogP contribution is -2.62. The normalized spacial score (nSPS) is 18.4. The van der Waals surface area contributed by atoms with Gasteiger partial charge in [-0.15, -0.1) is 5.10 Å². The van der Waals surface area contributed by atoms with E-state index in [1.54, 1.807) is 61.7 Å². The molecule has 0 unspecified atom stereocenters. The van der Waals surface area contributed by atoms with Gasteiger partial charge in [-0.3, -0.25) is 91.7 Å². The number of fused-ring (bicyclic) bond motifs is 2. The summed E-state index contributed by atoms with van der Waals surface area (Å²) in [6.45, 7) is -2.10. The largest absolute Gasteiger partial charge is 0.481 e. The lowest BCUT2D eigenvalue weighted by atomic mass is 10.0. The molecule has 0 spiro atoms. The topological polar surface area (TPSA) is 797 Å². The van der Waals surface area contributed by atoms with Crippen molar-refractivity contribution in [2.45, 2.75) is 297 Å². The van der Waals surface area contributed by atoms with Crippen LogP contribution in [0, 0.1) is 5.41 Å². The van der Waals surface area contributed by atoms with Crippen LogP contribution >= 0.6 is 0 Å². The zero-order chi connectivity index (χ0) is 106. The molecular weight excluding hydrogens is 1900 g/mol. The molecular formula is C95H146N28O23.